The van der Waals surface area contributed by atoms with E-state index in [1.807, 2.05) is 24.3 Å². The standard InChI is InChI=1S/C24H28N8O2/c33-24(27-20-8-10-25-11-9-20)26-19-6-4-18(5-7-19)21-28-22(31-12-2-1-3-13-31)30-23(29-21)32-14-16-34-17-15-32/h4-11H,1-3,12-17H2,(H2,25,26,27,33). The smallest absolute Gasteiger partial charge is 0.323 e. The molecule has 0 radical (unpaired) electrons. The molecule has 2 amide bonds. The lowest BCUT2D eigenvalue weighted by atomic mass is 10.1. The highest BCUT2D eigenvalue weighted by Crippen LogP contribution is 2.25. The summed E-state index contributed by atoms with van der Waals surface area (Å²) >= 11 is 0. The molecule has 0 bridgehead atoms. The Balaban J connectivity index is 1.35. The number of morpholine rings is 1. The maximum atomic E-state index is 12.3. The number of hydrogen-bond acceptors (Lipinski definition) is 8. The number of amides is 2. The molecule has 176 valence electrons. The van der Waals surface area contributed by atoms with E-state index < -0.39 is 0 Å². The molecule has 0 aliphatic carbocycles. The largest absolute Gasteiger partial charge is 0.378 e. The number of carbonyl (C=O) groups is 1. The van der Waals surface area contributed by atoms with Gasteiger partial charge in [0.1, 0.15) is 0 Å². The summed E-state index contributed by atoms with van der Waals surface area (Å²) in [5, 5.41) is 5.62. The van der Waals surface area contributed by atoms with E-state index in [1.54, 1.807) is 24.5 Å². The highest BCUT2D eigenvalue weighted by Gasteiger charge is 2.21. The molecule has 2 aromatic heterocycles. The number of ether oxygens (including phenoxy) is 1. The summed E-state index contributed by atoms with van der Waals surface area (Å²) in [6.45, 7) is 4.78. The minimum Gasteiger partial charge on any atom is -0.378 e. The summed E-state index contributed by atoms with van der Waals surface area (Å²) in [4.78, 5) is 35.0. The quantitative estimate of drug-likeness (QED) is 0.596. The van der Waals surface area contributed by atoms with Crippen LogP contribution in [-0.4, -0.2) is 65.4 Å². The number of carbonyl (C=O) groups excluding carboxylic acids is 1. The molecule has 2 aliphatic rings. The van der Waals surface area contributed by atoms with Gasteiger partial charge in [0.15, 0.2) is 5.82 Å². The summed E-state index contributed by atoms with van der Waals surface area (Å²) in [5.41, 5.74) is 2.22. The highest BCUT2D eigenvalue weighted by molar-refractivity contribution is 5.99. The third-order valence-electron chi connectivity index (χ3n) is 5.88. The van der Waals surface area contributed by atoms with Crippen LogP contribution < -0.4 is 20.4 Å². The molecule has 2 fully saturated rings. The van der Waals surface area contributed by atoms with Crippen LogP contribution in [-0.2, 0) is 4.74 Å². The molecule has 3 aromatic rings. The van der Waals surface area contributed by atoms with Gasteiger partial charge in [-0.3, -0.25) is 4.98 Å². The van der Waals surface area contributed by atoms with Crippen molar-refractivity contribution in [1.29, 1.82) is 0 Å². The van der Waals surface area contributed by atoms with Crippen LogP contribution in [0.3, 0.4) is 0 Å². The van der Waals surface area contributed by atoms with Crippen LogP contribution in [0.5, 0.6) is 0 Å². The minimum atomic E-state index is -0.318. The van der Waals surface area contributed by atoms with Gasteiger partial charge in [0, 0.05) is 55.5 Å². The Morgan fingerprint density at radius 1 is 0.735 bits per heavy atom. The lowest BCUT2D eigenvalue weighted by Crippen LogP contribution is -2.38. The first-order valence-corrected chi connectivity index (χ1v) is 11.7. The number of nitrogens with one attached hydrogen (secondary N) is 2. The molecule has 34 heavy (non-hydrogen) atoms. The van der Waals surface area contributed by atoms with E-state index in [4.69, 9.17) is 19.7 Å². The van der Waals surface area contributed by atoms with Crippen LogP contribution in [0, 0.1) is 0 Å². The topological polar surface area (TPSA) is 108 Å². The number of anilines is 4. The van der Waals surface area contributed by atoms with E-state index in [1.165, 1.54) is 6.42 Å². The zero-order valence-electron chi connectivity index (χ0n) is 19.0. The average molecular weight is 461 g/mol. The number of aromatic nitrogens is 4. The average Bonchev–Trinajstić information content (AvgIpc) is 2.90. The number of pyridine rings is 1. The third-order valence-corrected chi connectivity index (χ3v) is 5.88. The number of piperidine rings is 1. The monoisotopic (exact) mass is 460 g/mol. The van der Waals surface area contributed by atoms with Crippen LogP contribution >= 0.6 is 0 Å². The fourth-order valence-electron chi connectivity index (χ4n) is 4.05. The van der Waals surface area contributed by atoms with E-state index in [0.29, 0.717) is 36.4 Å². The summed E-state index contributed by atoms with van der Waals surface area (Å²) in [5.74, 6) is 2.04. The Hall–Kier alpha value is -3.79. The second-order valence-corrected chi connectivity index (χ2v) is 8.30. The third kappa shape index (κ3) is 5.40. The predicted molar refractivity (Wildman–Crippen MR) is 131 cm³/mol. The molecule has 2 saturated heterocycles. The predicted octanol–water partition coefficient (Wildman–Crippen LogP) is 3.40. The number of benzene rings is 1. The Labute approximate surface area is 198 Å². The van der Waals surface area contributed by atoms with Gasteiger partial charge >= 0.3 is 6.03 Å². The van der Waals surface area contributed by atoms with Crippen molar-refractivity contribution in [1.82, 2.24) is 19.9 Å². The molecular formula is C24H28N8O2. The van der Waals surface area contributed by atoms with Crippen molar-refractivity contribution < 1.29 is 9.53 Å². The lowest BCUT2D eigenvalue weighted by molar-refractivity contribution is 0.122. The zero-order chi connectivity index (χ0) is 23.2. The first-order valence-electron chi connectivity index (χ1n) is 11.7. The van der Waals surface area contributed by atoms with Gasteiger partial charge in [-0.2, -0.15) is 15.0 Å². The van der Waals surface area contributed by atoms with Crippen LogP contribution in [0.15, 0.2) is 48.8 Å². The number of rotatable bonds is 5. The maximum absolute atomic E-state index is 12.3. The molecule has 10 heteroatoms. The Morgan fingerprint density at radius 3 is 1.97 bits per heavy atom. The van der Waals surface area contributed by atoms with E-state index >= 15 is 0 Å². The van der Waals surface area contributed by atoms with E-state index in [9.17, 15) is 4.79 Å². The van der Waals surface area contributed by atoms with Gasteiger partial charge in [-0.25, -0.2) is 4.79 Å². The van der Waals surface area contributed by atoms with Crippen molar-refractivity contribution in [3.8, 4) is 11.4 Å². The van der Waals surface area contributed by atoms with E-state index in [-0.39, 0.29) is 6.03 Å². The second kappa shape index (κ2) is 10.4. The fraction of sp³-hybridized carbons (Fsp3) is 0.375. The van der Waals surface area contributed by atoms with E-state index in [2.05, 4.69) is 25.4 Å². The summed E-state index contributed by atoms with van der Waals surface area (Å²) in [7, 11) is 0. The molecule has 2 N–H and O–H groups in total. The van der Waals surface area contributed by atoms with Crippen molar-refractivity contribution in [2.45, 2.75) is 19.3 Å². The minimum absolute atomic E-state index is 0.318. The van der Waals surface area contributed by atoms with Crippen molar-refractivity contribution in [3.05, 3.63) is 48.8 Å². The molecule has 0 spiro atoms. The van der Waals surface area contributed by atoms with Crippen molar-refractivity contribution in [2.24, 2.45) is 0 Å². The summed E-state index contributed by atoms with van der Waals surface area (Å²) in [6, 6.07) is 10.7. The van der Waals surface area contributed by atoms with Gasteiger partial charge in [-0.1, -0.05) is 0 Å². The molecule has 0 unspecified atom stereocenters. The summed E-state index contributed by atoms with van der Waals surface area (Å²) in [6.07, 6.45) is 6.80. The Kier molecular flexibility index (Phi) is 6.76. The summed E-state index contributed by atoms with van der Waals surface area (Å²) < 4.78 is 5.50. The highest BCUT2D eigenvalue weighted by atomic mass is 16.5. The molecule has 0 atom stereocenters. The number of urea groups is 1. The first kappa shape index (κ1) is 22.0. The van der Waals surface area contributed by atoms with Crippen molar-refractivity contribution in [2.75, 3.05) is 59.8 Å². The molecule has 1 aromatic carbocycles. The molecular weight excluding hydrogens is 432 g/mol. The van der Waals surface area contributed by atoms with Gasteiger partial charge in [0.2, 0.25) is 11.9 Å². The van der Waals surface area contributed by atoms with Crippen LogP contribution in [0.1, 0.15) is 19.3 Å². The van der Waals surface area contributed by atoms with Gasteiger partial charge < -0.3 is 25.2 Å². The molecule has 5 rings (SSSR count). The van der Waals surface area contributed by atoms with Gasteiger partial charge in [-0.05, 0) is 55.7 Å². The van der Waals surface area contributed by atoms with Gasteiger partial charge in [0.25, 0.3) is 0 Å². The number of nitrogens with zero attached hydrogens (tertiary/aromatic N) is 6. The Morgan fingerprint density at radius 2 is 1.32 bits per heavy atom. The lowest BCUT2D eigenvalue weighted by Gasteiger charge is -2.30. The SMILES string of the molecule is O=C(Nc1ccncc1)Nc1ccc(-c2nc(N3CCCCC3)nc(N3CCOCC3)n2)cc1. The first-order chi connectivity index (χ1) is 16.7. The molecule has 10 nitrogen and oxygen atoms in total. The number of hydrogen-bond donors (Lipinski definition) is 2. The maximum Gasteiger partial charge on any atom is 0.323 e. The second-order valence-electron chi connectivity index (χ2n) is 8.30. The fourth-order valence-corrected chi connectivity index (χ4v) is 4.05. The molecule has 0 saturated carbocycles. The molecule has 4 heterocycles. The van der Waals surface area contributed by atoms with Gasteiger partial charge in [0.05, 0.1) is 13.2 Å². The van der Waals surface area contributed by atoms with Crippen LogP contribution in [0.25, 0.3) is 11.4 Å². The molecule has 2 aliphatic heterocycles. The van der Waals surface area contributed by atoms with Crippen LogP contribution in [0.2, 0.25) is 0 Å². The normalized spacial score (nSPS) is 16.2. The van der Waals surface area contributed by atoms with Gasteiger partial charge in [-0.15, -0.1) is 0 Å². The Bertz CT molecular complexity index is 1060. The van der Waals surface area contributed by atoms with E-state index in [0.717, 1.165) is 50.5 Å². The van der Waals surface area contributed by atoms with Crippen molar-refractivity contribution >= 4 is 29.3 Å². The van der Waals surface area contributed by atoms with Crippen LogP contribution in [0.4, 0.5) is 28.1 Å². The zero-order valence-corrected chi connectivity index (χ0v) is 19.0. The van der Waals surface area contributed by atoms with Crippen molar-refractivity contribution in [3.63, 3.8) is 0 Å².